The molecule has 0 spiro atoms. The Morgan fingerprint density at radius 2 is 1.70 bits per heavy atom. The van der Waals surface area contributed by atoms with Crippen LogP contribution >= 0.6 is 11.6 Å². The fraction of sp³-hybridized carbons (Fsp3) is 0.364. The topological polar surface area (TPSA) is 21.6 Å². The predicted molar refractivity (Wildman–Crippen MR) is 58.6 cm³/mol. The van der Waals surface area contributed by atoms with Gasteiger partial charge in [-0.2, -0.15) is 26.3 Å². The van der Waals surface area contributed by atoms with Crippen molar-refractivity contribution in [2.75, 3.05) is 0 Å². The molecule has 0 aromatic heterocycles. The van der Waals surface area contributed by atoms with Gasteiger partial charge < -0.3 is 4.84 Å². The Bertz CT molecular complexity index is 539. The summed E-state index contributed by atoms with van der Waals surface area (Å²) in [5.41, 5.74) is -1.38. The smallest absolute Gasteiger partial charge is 0.382 e. The van der Waals surface area contributed by atoms with Gasteiger partial charge in [0.05, 0.1) is 17.7 Å². The first-order valence-corrected chi connectivity index (χ1v) is 5.60. The van der Waals surface area contributed by atoms with Crippen molar-refractivity contribution in [3.8, 4) is 0 Å². The Labute approximate surface area is 114 Å². The molecule has 1 heterocycles. The molecule has 2 atom stereocenters. The molecule has 1 unspecified atom stereocenters. The molecule has 1 aromatic carbocycles. The van der Waals surface area contributed by atoms with Gasteiger partial charge in [0.15, 0.2) is 0 Å². The molecule has 2 nitrogen and oxygen atoms in total. The van der Waals surface area contributed by atoms with E-state index in [1.165, 1.54) is 0 Å². The predicted octanol–water partition coefficient (Wildman–Crippen LogP) is 4.39. The summed E-state index contributed by atoms with van der Waals surface area (Å²) >= 11 is 5.53. The van der Waals surface area contributed by atoms with Crippen molar-refractivity contribution in [2.45, 2.75) is 24.4 Å². The highest BCUT2D eigenvalue weighted by Crippen LogP contribution is 2.39. The lowest BCUT2D eigenvalue weighted by Gasteiger charge is -2.20. The van der Waals surface area contributed by atoms with Crippen LogP contribution in [0.3, 0.4) is 0 Å². The van der Waals surface area contributed by atoms with Crippen LogP contribution in [0.4, 0.5) is 26.3 Å². The minimum atomic E-state index is -4.75. The third-order valence-electron chi connectivity index (χ3n) is 2.68. The maximum Gasteiger partial charge on any atom is 0.429 e. The largest absolute Gasteiger partial charge is 0.429 e. The average Bonchev–Trinajstić information content (AvgIpc) is 2.75. The number of rotatable bonds is 1. The van der Waals surface area contributed by atoms with Crippen molar-refractivity contribution >= 4 is 17.8 Å². The van der Waals surface area contributed by atoms with Gasteiger partial charge in [0.2, 0.25) is 6.10 Å². The standard InChI is InChI=1S/C11H6ClF6NO/c12-7-2-5(1-6(3-7)10(13,14)15)8-4-19-20-9(8)11(16,17)18/h1-4,8-9H/t8-,9?/m1/s1. The molecule has 0 bridgehead atoms. The first-order valence-electron chi connectivity index (χ1n) is 5.23. The van der Waals surface area contributed by atoms with Gasteiger partial charge in [-0.15, -0.1) is 0 Å². The van der Waals surface area contributed by atoms with Gasteiger partial charge >= 0.3 is 12.4 Å². The zero-order valence-corrected chi connectivity index (χ0v) is 10.2. The van der Waals surface area contributed by atoms with Crippen LogP contribution in [0.2, 0.25) is 5.02 Å². The lowest BCUT2D eigenvalue weighted by Crippen LogP contribution is -2.33. The van der Waals surface area contributed by atoms with Gasteiger partial charge in [-0.05, 0) is 23.8 Å². The first kappa shape index (κ1) is 15.0. The summed E-state index contributed by atoms with van der Waals surface area (Å²) in [7, 11) is 0. The second-order valence-electron chi connectivity index (χ2n) is 4.12. The molecular weight excluding hydrogens is 312 g/mol. The van der Waals surface area contributed by atoms with Crippen LogP contribution < -0.4 is 0 Å². The van der Waals surface area contributed by atoms with E-state index in [4.69, 9.17) is 11.6 Å². The van der Waals surface area contributed by atoms with Crippen molar-refractivity contribution in [3.63, 3.8) is 0 Å². The van der Waals surface area contributed by atoms with Gasteiger partial charge in [-0.1, -0.05) is 16.8 Å². The molecule has 1 aromatic rings. The number of oxime groups is 1. The summed E-state index contributed by atoms with van der Waals surface area (Å²) in [6.45, 7) is 0. The number of halogens is 7. The second-order valence-corrected chi connectivity index (χ2v) is 4.56. The van der Waals surface area contributed by atoms with E-state index in [0.717, 1.165) is 12.3 Å². The summed E-state index contributed by atoms with van der Waals surface area (Å²) in [6, 6.07) is 2.28. The Morgan fingerprint density at radius 1 is 1.05 bits per heavy atom. The number of benzene rings is 1. The summed E-state index contributed by atoms with van der Waals surface area (Å²) in [5, 5.41) is 2.73. The van der Waals surface area contributed by atoms with Crippen molar-refractivity contribution in [1.29, 1.82) is 0 Å². The normalized spacial score (nSPS) is 22.9. The minimum absolute atomic E-state index is 0.256. The third kappa shape index (κ3) is 3.00. The molecule has 110 valence electrons. The number of hydrogen-bond donors (Lipinski definition) is 0. The van der Waals surface area contributed by atoms with Gasteiger partial charge in [0.25, 0.3) is 0 Å². The van der Waals surface area contributed by atoms with Crippen LogP contribution in [0.5, 0.6) is 0 Å². The molecule has 0 amide bonds. The zero-order chi connectivity index (χ0) is 15.1. The van der Waals surface area contributed by atoms with Crippen LogP contribution in [-0.4, -0.2) is 18.5 Å². The van der Waals surface area contributed by atoms with Crippen LogP contribution in [0.25, 0.3) is 0 Å². The van der Waals surface area contributed by atoms with Gasteiger partial charge in [0.1, 0.15) is 0 Å². The zero-order valence-electron chi connectivity index (χ0n) is 9.47. The lowest BCUT2D eigenvalue weighted by atomic mass is 9.93. The number of alkyl halides is 6. The molecule has 9 heteroatoms. The summed E-state index contributed by atoms with van der Waals surface area (Å²) in [6.07, 6.45) is -11.0. The van der Waals surface area contributed by atoms with Gasteiger partial charge in [0, 0.05) is 5.02 Å². The fourth-order valence-corrected chi connectivity index (χ4v) is 2.05. The monoisotopic (exact) mass is 317 g/mol. The van der Waals surface area contributed by atoms with Crippen molar-refractivity contribution in [2.24, 2.45) is 5.16 Å². The highest BCUT2D eigenvalue weighted by atomic mass is 35.5. The van der Waals surface area contributed by atoms with Gasteiger partial charge in [-0.3, -0.25) is 0 Å². The molecular formula is C11H6ClF6NO. The number of hydrogen-bond acceptors (Lipinski definition) is 2. The minimum Gasteiger partial charge on any atom is -0.382 e. The second kappa shape index (κ2) is 4.83. The molecule has 1 aliphatic heterocycles. The van der Waals surface area contributed by atoms with Crippen LogP contribution in [0.15, 0.2) is 23.4 Å². The van der Waals surface area contributed by atoms with E-state index < -0.39 is 29.9 Å². The van der Waals surface area contributed by atoms with E-state index in [1.54, 1.807) is 0 Å². The quantitative estimate of drug-likeness (QED) is 0.704. The van der Waals surface area contributed by atoms with E-state index in [2.05, 4.69) is 9.99 Å². The summed E-state index contributed by atoms with van der Waals surface area (Å²) < 4.78 is 75.9. The molecule has 2 rings (SSSR count). The molecule has 0 saturated heterocycles. The molecule has 0 radical (unpaired) electrons. The third-order valence-corrected chi connectivity index (χ3v) is 2.90. The van der Waals surface area contributed by atoms with Crippen molar-refractivity contribution in [1.82, 2.24) is 0 Å². The fourth-order valence-electron chi connectivity index (χ4n) is 1.80. The van der Waals surface area contributed by atoms with E-state index in [9.17, 15) is 26.3 Å². The molecule has 0 saturated carbocycles. The Morgan fingerprint density at radius 3 is 2.25 bits per heavy atom. The van der Waals surface area contributed by atoms with Gasteiger partial charge in [-0.25, -0.2) is 0 Å². The van der Waals surface area contributed by atoms with E-state index >= 15 is 0 Å². The molecule has 1 aliphatic rings. The maximum absolute atomic E-state index is 12.7. The van der Waals surface area contributed by atoms with E-state index in [0.29, 0.717) is 12.1 Å². The first-order chi connectivity index (χ1) is 9.09. The Kier molecular flexibility index (Phi) is 3.62. The Balaban J connectivity index is 2.42. The highest BCUT2D eigenvalue weighted by molar-refractivity contribution is 6.30. The number of nitrogens with zero attached hydrogens (tertiary/aromatic N) is 1. The lowest BCUT2D eigenvalue weighted by molar-refractivity contribution is -0.216. The highest BCUT2D eigenvalue weighted by Gasteiger charge is 2.50. The maximum atomic E-state index is 12.7. The Hall–Kier alpha value is -1.44. The van der Waals surface area contributed by atoms with Crippen LogP contribution in [0, 0.1) is 0 Å². The van der Waals surface area contributed by atoms with Crippen LogP contribution in [-0.2, 0) is 11.0 Å². The van der Waals surface area contributed by atoms with E-state index in [1.807, 2.05) is 0 Å². The SMILES string of the molecule is FC(F)(F)c1cc(Cl)cc([C@H]2C=NOC2C(F)(F)F)c1. The van der Waals surface area contributed by atoms with E-state index in [-0.39, 0.29) is 10.6 Å². The molecule has 0 fully saturated rings. The van der Waals surface area contributed by atoms with Crippen LogP contribution in [0.1, 0.15) is 17.0 Å². The molecule has 0 N–H and O–H groups in total. The summed E-state index contributed by atoms with van der Waals surface area (Å²) in [5.74, 6) is -1.46. The molecule has 20 heavy (non-hydrogen) atoms. The average molecular weight is 318 g/mol. The van der Waals surface area contributed by atoms with Crippen molar-refractivity contribution in [3.05, 3.63) is 34.3 Å². The summed E-state index contributed by atoms with van der Waals surface area (Å²) in [4.78, 5) is 4.17. The molecule has 0 aliphatic carbocycles. The van der Waals surface area contributed by atoms with Crippen molar-refractivity contribution < 1.29 is 31.2 Å².